The minimum Gasteiger partial charge on any atom is -0.0888 e. The molecule has 1 heteroatoms. The molecule has 0 aromatic carbocycles. The van der Waals surface area contributed by atoms with Crippen LogP contribution in [0.3, 0.4) is 0 Å². The Morgan fingerprint density at radius 2 is 2.00 bits per heavy atom. The van der Waals surface area contributed by atoms with Crippen molar-refractivity contribution in [1.29, 1.82) is 0 Å². The van der Waals surface area contributed by atoms with E-state index in [1.165, 1.54) is 6.42 Å². The van der Waals surface area contributed by atoms with E-state index in [1.807, 2.05) is 0 Å². The van der Waals surface area contributed by atoms with Gasteiger partial charge in [0.2, 0.25) is 0 Å². The molecular weight excluding hydrogens is 128 g/mol. The molecule has 0 aliphatic heterocycles. The highest BCUT2D eigenvalue weighted by molar-refractivity contribution is 9.09. The van der Waals surface area contributed by atoms with Crippen LogP contribution in [0.5, 0.6) is 0 Å². The third-order valence-electron chi connectivity index (χ3n) is 1.01. The highest BCUT2D eigenvalue weighted by Crippen LogP contribution is 2.36. The van der Waals surface area contributed by atoms with Crippen molar-refractivity contribution < 1.29 is 0 Å². The number of hydrogen-bond acceptors (Lipinski definition) is 0. The second kappa shape index (κ2) is 0.970. The van der Waals surface area contributed by atoms with Crippen LogP contribution in [-0.4, -0.2) is 4.83 Å². The van der Waals surface area contributed by atoms with Crippen LogP contribution in [0.15, 0.2) is 0 Å². The van der Waals surface area contributed by atoms with Gasteiger partial charge in [0.05, 0.1) is 0 Å². The third-order valence-corrected chi connectivity index (χ3v) is 2.29. The average Bonchev–Trinajstić information content (AvgIpc) is 1.79. The van der Waals surface area contributed by atoms with E-state index >= 15 is 0 Å². The lowest BCUT2D eigenvalue weighted by Crippen LogP contribution is -1.59. The summed E-state index contributed by atoms with van der Waals surface area (Å²) in [6, 6.07) is 0. The lowest BCUT2D eigenvalue weighted by Gasteiger charge is -1.64. The van der Waals surface area contributed by atoms with Gasteiger partial charge in [-0.25, -0.2) is 0 Å². The second-order valence-electron chi connectivity index (χ2n) is 1.73. The highest BCUT2D eigenvalue weighted by Gasteiger charge is 2.28. The van der Waals surface area contributed by atoms with Gasteiger partial charge in [-0.15, -0.1) is 0 Å². The topological polar surface area (TPSA) is 0 Å². The molecular formula is C4H7Br. The molecule has 0 bridgehead atoms. The van der Waals surface area contributed by atoms with Crippen LogP contribution < -0.4 is 0 Å². The monoisotopic (exact) mass is 134 g/mol. The van der Waals surface area contributed by atoms with Crippen LogP contribution >= 0.6 is 15.9 Å². The predicted octanol–water partition coefficient (Wildman–Crippen LogP) is 1.79. The quantitative estimate of drug-likeness (QED) is 0.444. The Kier molecular flexibility index (Phi) is 0.710. The molecule has 0 aromatic heterocycles. The Hall–Kier alpha value is 0.480. The largest absolute Gasteiger partial charge is 0.0888 e. The van der Waals surface area contributed by atoms with E-state index < -0.39 is 0 Å². The van der Waals surface area contributed by atoms with Gasteiger partial charge in [0.25, 0.3) is 0 Å². The zero-order valence-electron chi connectivity index (χ0n) is 3.24. The molecule has 1 aliphatic rings. The minimum atomic E-state index is 0.863. The molecule has 0 N–H and O–H groups in total. The van der Waals surface area contributed by atoms with Crippen molar-refractivity contribution in [3.63, 3.8) is 0 Å². The molecule has 1 saturated carbocycles. The van der Waals surface area contributed by atoms with Crippen LogP contribution in [0.1, 0.15) is 13.3 Å². The lowest BCUT2D eigenvalue weighted by molar-refractivity contribution is 0.991. The first-order chi connectivity index (χ1) is 2.30. The molecule has 0 nitrogen and oxygen atoms in total. The first-order valence-corrected chi connectivity index (χ1v) is 2.86. The first kappa shape index (κ1) is 3.66. The SMILES string of the molecule is CC1C[C@@H]1Br. The van der Waals surface area contributed by atoms with Crippen LogP contribution in [0.25, 0.3) is 0 Å². The van der Waals surface area contributed by atoms with E-state index in [4.69, 9.17) is 0 Å². The summed E-state index contributed by atoms with van der Waals surface area (Å²) in [6.07, 6.45) is 1.39. The van der Waals surface area contributed by atoms with E-state index in [-0.39, 0.29) is 0 Å². The van der Waals surface area contributed by atoms with Gasteiger partial charge in [-0.3, -0.25) is 0 Å². The Balaban J connectivity index is 2.20. The molecule has 0 amide bonds. The Labute approximate surface area is 40.7 Å². The van der Waals surface area contributed by atoms with E-state index in [2.05, 4.69) is 22.9 Å². The molecule has 1 rings (SSSR count). The normalized spacial score (nSPS) is 49.2. The van der Waals surface area contributed by atoms with Crippen molar-refractivity contribution in [3.8, 4) is 0 Å². The molecule has 1 aliphatic carbocycles. The van der Waals surface area contributed by atoms with Gasteiger partial charge >= 0.3 is 0 Å². The molecule has 2 atom stereocenters. The zero-order chi connectivity index (χ0) is 3.86. The summed E-state index contributed by atoms with van der Waals surface area (Å²) in [5.74, 6) is 0.968. The highest BCUT2D eigenvalue weighted by atomic mass is 79.9. The van der Waals surface area contributed by atoms with Gasteiger partial charge in [-0.1, -0.05) is 22.9 Å². The van der Waals surface area contributed by atoms with Crippen molar-refractivity contribution in [1.82, 2.24) is 0 Å². The molecule has 5 heavy (non-hydrogen) atoms. The van der Waals surface area contributed by atoms with E-state index in [0.717, 1.165) is 10.7 Å². The number of rotatable bonds is 0. The van der Waals surface area contributed by atoms with Crippen molar-refractivity contribution in [2.24, 2.45) is 5.92 Å². The standard InChI is InChI=1S/C4H7Br/c1-3-2-4(3)5/h3-4H,2H2,1H3/t3?,4-/m0/s1. The summed E-state index contributed by atoms with van der Waals surface area (Å²) in [6.45, 7) is 2.25. The first-order valence-electron chi connectivity index (χ1n) is 1.95. The van der Waals surface area contributed by atoms with Crippen LogP contribution in [0, 0.1) is 5.92 Å². The number of halogens is 1. The van der Waals surface area contributed by atoms with Crippen molar-refractivity contribution in [2.45, 2.75) is 18.2 Å². The maximum atomic E-state index is 3.45. The van der Waals surface area contributed by atoms with Crippen molar-refractivity contribution >= 4 is 15.9 Å². The summed E-state index contributed by atoms with van der Waals surface area (Å²) in [4.78, 5) is 0.863. The maximum Gasteiger partial charge on any atom is 0.0174 e. The minimum absolute atomic E-state index is 0.863. The smallest absolute Gasteiger partial charge is 0.0174 e. The third kappa shape index (κ3) is 0.656. The van der Waals surface area contributed by atoms with Gasteiger partial charge in [0.15, 0.2) is 0 Å². The predicted molar refractivity (Wildman–Crippen MR) is 26.5 cm³/mol. The van der Waals surface area contributed by atoms with E-state index in [9.17, 15) is 0 Å². The van der Waals surface area contributed by atoms with Crippen LogP contribution in [0.2, 0.25) is 0 Å². The molecule has 1 unspecified atom stereocenters. The molecule has 1 fully saturated rings. The molecule has 0 aromatic rings. The van der Waals surface area contributed by atoms with Gasteiger partial charge in [0, 0.05) is 4.83 Å². The number of hydrogen-bond donors (Lipinski definition) is 0. The molecule has 0 saturated heterocycles. The fourth-order valence-electron chi connectivity index (χ4n) is 0.277. The Morgan fingerprint density at radius 1 is 1.80 bits per heavy atom. The summed E-state index contributed by atoms with van der Waals surface area (Å²) >= 11 is 3.45. The molecule has 0 spiro atoms. The fourth-order valence-corrected chi connectivity index (χ4v) is 0.866. The zero-order valence-corrected chi connectivity index (χ0v) is 4.83. The lowest BCUT2D eigenvalue weighted by atomic mass is 10.5. The second-order valence-corrected chi connectivity index (χ2v) is 2.91. The van der Waals surface area contributed by atoms with Gasteiger partial charge < -0.3 is 0 Å². The van der Waals surface area contributed by atoms with Crippen LogP contribution in [0.4, 0.5) is 0 Å². The molecule has 30 valence electrons. The van der Waals surface area contributed by atoms with E-state index in [0.29, 0.717) is 0 Å². The molecule has 0 radical (unpaired) electrons. The Morgan fingerprint density at radius 3 is 2.00 bits per heavy atom. The van der Waals surface area contributed by atoms with Gasteiger partial charge in [-0.05, 0) is 12.3 Å². The van der Waals surface area contributed by atoms with Crippen LogP contribution in [-0.2, 0) is 0 Å². The van der Waals surface area contributed by atoms with Crippen molar-refractivity contribution in [3.05, 3.63) is 0 Å². The summed E-state index contributed by atoms with van der Waals surface area (Å²) in [5, 5.41) is 0. The van der Waals surface area contributed by atoms with Gasteiger partial charge in [0.1, 0.15) is 0 Å². The fraction of sp³-hybridized carbons (Fsp3) is 1.00. The summed E-state index contributed by atoms with van der Waals surface area (Å²) in [7, 11) is 0. The van der Waals surface area contributed by atoms with Crippen molar-refractivity contribution in [2.75, 3.05) is 0 Å². The summed E-state index contributed by atoms with van der Waals surface area (Å²) < 4.78 is 0. The summed E-state index contributed by atoms with van der Waals surface area (Å²) in [5.41, 5.74) is 0. The van der Waals surface area contributed by atoms with E-state index in [1.54, 1.807) is 0 Å². The maximum absolute atomic E-state index is 3.45. The van der Waals surface area contributed by atoms with Gasteiger partial charge in [-0.2, -0.15) is 0 Å². The number of alkyl halides is 1. The Bertz CT molecular complexity index is 36.9. The average molecular weight is 135 g/mol. The molecule has 0 heterocycles.